The normalized spacial score (nSPS) is 9.90. The molecule has 2 heteroatoms. The molecular weight excluding hydrogens is 146 g/mol. The van der Waals surface area contributed by atoms with E-state index in [2.05, 4.69) is 9.24 Å². The van der Waals surface area contributed by atoms with Crippen LogP contribution in [0.2, 0.25) is 0 Å². The molecule has 10 heavy (non-hydrogen) atoms. The first-order chi connectivity index (χ1) is 4.74. The molecule has 1 unspecified atom stereocenters. The summed E-state index contributed by atoms with van der Waals surface area (Å²) in [4.78, 5) is 0. The summed E-state index contributed by atoms with van der Waals surface area (Å²) in [6, 6.07) is 5.29. The van der Waals surface area contributed by atoms with Gasteiger partial charge in [0.15, 0.2) is 0 Å². The van der Waals surface area contributed by atoms with Crippen LogP contribution in [-0.2, 0) is 6.16 Å². The molecule has 54 valence electrons. The molecule has 0 amide bonds. The van der Waals surface area contributed by atoms with Crippen LogP contribution in [0.4, 0.5) is 4.39 Å². The van der Waals surface area contributed by atoms with Gasteiger partial charge in [-0.3, -0.25) is 0 Å². The largest absolute Gasteiger partial charge is 0.207 e. The summed E-state index contributed by atoms with van der Waals surface area (Å²) in [5.41, 5.74) is 1.73. The minimum Gasteiger partial charge on any atom is -0.207 e. The van der Waals surface area contributed by atoms with Gasteiger partial charge in [-0.1, -0.05) is 12.1 Å². The van der Waals surface area contributed by atoms with Crippen molar-refractivity contribution in [3.05, 3.63) is 35.1 Å². The Morgan fingerprint density at radius 2 is 2.20 bits per heavy atom. The quantitative estimate of drug-likeness (QED) is 0.548. The second-order valence-corrected chi connectivity index (χ2v) is 2.71. The van der Waals surface area contributed by atoms with Crippen molar-refractivity contribution in [3.63, 3.8) is 0 Å². The molecule has 0 aliphatic heterocycles. The first-order valence-corrected chi connectivity index (χ1v) is 4.01. The molecule has 1 rings (SSSR count). The van der Waals surface area contributed by atoms with Crippen LogP contribution in [0.3, 0.4) is 0 Å². The van der Waals surface area contributed by atoms with E-state index in [1.54, 1.807) is 6.07 Å². The van der Waals surface area contributed by atoms with Crippen LogP contribution < -0.4 is 0 Å². The maximum absolute atomic E-state index is 12.8. The lowest BCUT2D eigenvalue weighted by atomic mass is 10.2. The smallest absolute Gasteiger partial charge is 0.126 e. The van der Waals surface area contributed by atoms with Crippen molar-refractivity contribution in [2.75, 3.05) is 0 Å². The van der Waals surface area contributed by atoms with E-state index in [4.69, 9.17) is 0 Å². The highest BCUT2D eigenvalue weighted by molar-refractivity contribution is 7.15. The predicted octanol–water partition coefficient (Wildman–Crippen LogP) is 2.51. The zero-order valence-electron chi connectivity index (χ0n) is 5.89. The first-order valence-electron chi connectivity index (χ1n) is 3.19. The third-order valence-corrected chi connectivity index (χ3v) is 1.87. The van der Waals surface area contributed by atoms with E-state index in [-0.39, 0.29) is 5.82 Å². The van der Waals surface area contributed by atoms with Gasteiger partial charge in [-0.15, -0.1) is 9.24 Å². The van der Waals surface area contributed by atoms with Crippen LogP contribution in [0, 0.1) is 12.7 Å². The predicted molar refractivity (Wildman–Crippen MR) is 44.6 cm³/mol. The van der Waals surface area contributed by atoms with E-state index in [0.29, 0.717) is 6.16 Å². The lowest BCUT2D eigenvalue weighted by Gasteiger charge is -1.98. The molecule has 0 aliphatic rings. The molecule has 0 radical (unpaired) electrons. The van der Waals surface area contributed by atoms with Gasteiger partial charge in [-0.25, -0.2) is 4.39 Å². The zero-order valence-corrected chi connectivity index (χ0v) is 7.05. The second-order valence-electron chi connectivity index (χ2n) is 2.30. The van der Waals surface area contributed by atoms with E-state index in [1.807, 2.05) is 19.1 Å². The van der Waals surface area contributed by atoms with E-state index in [1.165, 1.54) is 0 Å². The number of rotatable bonds is 1. The van der Waals surface area contributed by atoms with Crippen LogP contribution in [0.25, 0.3) is 0 Å². The maximum atomic E-state index is 12.8. The Kier molecular flexibility index (Phi) is 2.39. The minimum atomic E-state index is -0.102. The van der Waals surface area contributed by atoms with Crippen molar-refractivity contribution in [1.82, 2.24) is 0 Å². The highest BCUT2D eigenvalue weighted by Crippen LogP contribution is 2.12. The third-order valence-electron chi connectivity index (χ3n) is 1.43. The fraction of sp³-hybridized carbons (Fsp3) is 0.250. The summed E-state index contributed by atoms with van der Waals surface area (Å²) in [6.45, 7) is 1.88. The molecule has 1 aromatic carbocycles. The van der Waals surface area contributed by atoms with E-state index >= 15 is 0 Å². The van der Waals surface area contributed by atoms with Gasteiger partial charge in [-0.05, 0) is 30.3 Å². The summed E-state index contributed by atoms with van der Waals surface area (Å²) in [5, 5.41) is 0. The summed E-state index contributed by atoms with van der Waals surface area (Å²) in [5.74, 6) is -0.102. The van der Waals surface area contributed by atoms with Crippen molar-refractivity contribution >= 4 is 9.24 Å². The number of halogens is 1. The van der Waals surface area contributed by atoms with Crippen molar-refractivity contribution in [1.29, 1.82) is 0 Å². The average Bonchev–Trinajstić information content (AvgIpc) is 1.88. The molecular formula is C8H10FP. The highest BCUT2D eigenvalue weighted by atomic mass is 31.0. The molecule has 0 bridgehead atoms. The zero-order chi connectivity index (χ0) is 7.56. The van der Waals surface area contributed by atoms with Crippen LogP contribution in [0.1, 0.15) is 11.1 Å². The molecule has 0 nitrogen and oxygen atoms in total. The molecule has 0 aliphatic carbocycles. The van der Waals surface area contributed by atoms with Gasteiger partial charge in [0.25, 0.3) is 0 Å². The van der Waals surface area contributed by atoms with E-state index < -0.39 is 0 Å². The van der Waals surface area contributed by atoms with E-state index in [0.717, 1.165) is 11.1 Å². The SMILES string of the molecule is Cc1ccc(CP)c(F)c1. The average molecular weight is 156 g/mol. The van der Waals surface area contributed by atoms with Crippen LogP contribution >= 0.6 is 9.24 Å². The van der Waals surface area contributed by atoms with Crippen LogP contribution in [-0.4, -0.2) is 0 Å². The van der Waals surface area contributed by atoms with Crippen molar-refractivity contribution in [2.24, 2.45) is 0 Å². The summed E-state index contributed by atoms with van der Waals surface area (Å²) < 4.78 is 12.8. The fourth-order valence-electron chi connectivity index (χ4n) is 0.818. The Morgan fingerprint density at radius 1 is 1.50 bits per heavy atom. The maximum Gasteiger partial charge on any atom is 0.126 e. The lowest BCUT2D eigenvalue weighted by molar-refractivity contribution is 0.616. The Hall–Kier alpha value is -0.420. The van der Waals surface area contributed by atoms with Crippen LogP contribution in [0.5, 0.6) is 0 Å². The monoisotopic (exact) mass is 156 g/mol. The molecule has 0 saturated carbocycles. The molecule has 0 spiro atoms. The lowest BCUT2D eigenvalue weighted by Crippen LogP contribution is -1.85. The highest BCUT2D eigenvalue weighted by Gasteiger charge is 1.97. The Bertz CT molecular complexity index is 233. The van der Waals surface area contributed by atoms with Gasteiger partial charge in [-0.2, -0.15) is 0 Å². The summed E-state index contributed by atoms with van der Waals surface area (Å²) in [7, 11) is 2.50. The molecule has 1 aromatic rings. The van der Waals surface area contributed by atoms with Gasteiger partial charge in [0.2, 0.25) is 0 Å². The first kappa shape index (κ1) is 7.68. The van der Waals surface area contributed by atoms with Gasteiger partial charge in [0.1, 0.15) is 5.82 Å². The summed E-state index contributed by atoms with van der Waals surface area (Å²) in [6.07, 6.45) is 0.687. The number of aryl methyl sites for hydroxylation is 1. The van der Waals surface area contributed by atoms with Crippen molar-refractivity contribution < 1.29 is 4.39 Å². The topological polar surface area (TPSA) is 0 Å². The van der Waals surface area contributed by atoms with Gasteiger partial charge >= 0.3 is 0 Å². The summed E-state index contributed by atoms with van der Waals surface area (Å²) >= 11 is 0. The van der Waals surface area contributed by atoms with Gasteiger partial charge in [0.05, 0.1) is 0 Å². The molecule has 0 N–H and O–H groups in total. The Labute approximate surface area is 62.7 Å². The molecule has 0 aromatic heterocycles. The van der Waals surface area contributed by atoms with Gasteiger partial charge < -0.3 is 0 Å². The Balaban J connectivity index is 3.07. The minimum absolute atomic E-state index is 0.102. The number of benzene rings is 1. The van der Waals surface area contributed by atoms with Crippen molar-refractivity contribution in [2.45, 2.75) is 13.1 Å². The Morgan fingerprint density at radius 3 is 2.70 bits per heavy atom. The molecule has 0 heterocycles. The van der Waals surface area contributed by atoms with E-state index in [9.17, 15) is 4.39 Å². The third kappa shape index (κ3) is 1.54. The van der Waals surface area contributed by atoms with Gasteiger partial charge in [0, 0.05) is 0 Å². The second kappa shape index (κ2) is 3.12. The molecule has 1 atom stereocenters. The number of hydrogen-bond acceptors (Lipinski definition) is 0. The number of hydrogen-bond donors (Lipinski definition) is 0. The van der Waals surface area contributed by atoms with Crippen LogP contribution in [0.15, 0.2) is 18.2 Å². The molecule has 0 saturated heterocycles. The molecule has 0 fully saturated rings. The standard InChI is InChI=1S/C8H10FP/c1-6-2-3-7(5-10)8(9)4-6/h2-4H,5,10H2,1H3. The van der Waals surface area contributed by atoms with Crippen molar-refractivity contribution in [3.8, 4) is 0 Å². The fourth-order valence-corrected chi connectivity index (χ4v) is 1.15.